The van der Waals surface area contributed by atoms with Gasteiger partial charge < -0.3 is 10.0 Å². The van der Waals surface area contributed by atoms with E-state index < -0.39 is 17.7 Å². The molecule has 0 aromatic heterocycles. The van der Waals surface area contributed by atoms with Gasteiger partial charge in [-0.1, -0.05) is 18.2 Å². The number of carbonyl (C=O) groups is 1. The minimum Gasteiger partial charge on any atom is -0.478 e. The molecule has 1 N–H and O–H groups in total. The molecule has 0 atom stereocenters. The van der Waals surface area contributed by atoms with E-state index in [1.807, 2.05) is 0 Å². The van der Waals surface area contributed by atoms with E-state index in [-0.39, 0.29) is 11.6 Å². The lowest BCUT2D eigenvalue weighted by Crippen LogP contribution is -2.17. The predicted molar refractivity (Wildman–Crippen MR) is 62.4 cm³/mol. The van der Waals surface area contributed by atoms with Crippen LogP contribution in [0.15, 0.2) is 30.3 Å². The number of aliphatic carboxylic acids is 1. The van der Waals surface area contributed by atoms with Crippen molar-refractivity contribution in [1.29, 1.82) is 0 Å². The van der Waals surface area contributed by atoms with Crippen LogP contribution in [-0.2, 0) is 4.79 Å². The Morgan fingerprint density at radius 3 is 2.28 bits per heavy atom. The van der Waals surface area contributed by atoms with Crippen molar-refractivity contribution in [3.8, 4) is 0 Å². The normalized spacial score (nSPS) is 12.4. The zero-order valence-electron chi connectivity index (χ0n) is 9.82. The predicted octanol–water partition coefficient (Wildman–Crippen LogP) is 2.78. The number of para-hydroxylation sites is 1. The van der Waals surface area contributed by atoms with Gasteiger partial charge in [0.15, 0.2) is 0 Å². The maximum absolute atomic E-state index is 12.9. The number of carboxylic acids is 1. The average Bonchev–Trinajstić information content (AvgIpc) is 2.24. The summed E-state index contributed by atoms with van der Waals surface area (Å²) in [6.07, 6.45) is -4.53. The number of alkyl halides is 3. The molecule has 18 heavy (non-hydrogen) atoms. The first kappa shape index (κ1) is 14.1. The SMILES string of the molecule is CN(C)c1ccccc1/C(=C\C(=O)O)C(F)(F)F. The van der Waals surface area contributed by atoms with E-state index >= 15 is 0 Å². The van der Waals surface area contributed by atoms with Crippen molar-refractivity contribution in [2.24, 2.45) is 0 Å². The average molecular weight is 259 g/mol. The molecule has 6 heteroatoms. The molecule has 0 aliphatic carbocycles. The third-order valence-corrected chi connectivity index (χ3v) is 2.25. The molecule has 1 aromatic carbocycles. The van der Waals surface area contributed by atoms with Crippen molar-refractivity contribution >= 4 is 17.2 Å². The van der Waals surface area contributed by atoms with Crippen LogP contribution in [0.3, 0.4) is 0 Å². The van der Waals surface area contributed by atoms with Gasteiger partial charge in [-0.3, -0.25) is 0 Å². The Bertz CT molecular complexity index is 478. The van der Waals surface area contributed by atoms with Crippen molar-refractivity contribution in [3.63, 3.8) is 0 Å². The summed E-state index contributed by atoms with van der Waals surface area (Å²) in [5, 5.41) is 8.55. The van der Waals surface area contributed by atoms with E-state index in [0.717, 1.165) is 0 Å². The molecule has 0 saturated heterocycles. The molecular formula is C12H12F3NO2. The maximum atomic E-state index is 12.9. The first-order valence-electron chi connectivity index (χ1n) is 5.02. The number of benzene rings is 1. The maximum Gasteiger partial charge on any atom is 0.417 e. The Morgan fingerprint density at radius 1 is 1.28 bits per heavy atom. The molecule has 0 aliphatic heterocycles. The molecule has 1 aromatic rings. The van der Waals surface area contributed by atoms with Gasteiger partial charge in [0.1, 0.15) is 0 Å². The van der Waals surface area contributed by atoms with E-state index in [1.54, 1.807) is 20.2 Å². The first-order chi connectivity index (χ1) is 8.23. The van der Waals surface area contributed by atoms with Gasteiger partial charge in [-0.2, -0.15) is 13.2 Å². The molecule has 98 valence electrons. The zero-order chi connectivity index (χ0) is 13.9. The third-order valence-electron chi connectivity index (χ3n) is 2.25. The minimum absolute atomic E-state index is 0.155. The molecule has 0 unspecified atom stereocenters. The Hall–Kier alpha value is -1.98. The standard InChI is InChI=1S/C12H12F3NO2/c1-16(2)10-6-4-3-5-8(10)9(7-11(17)18)12(13,14)15/h3-7H,1-2H3,(H,17,18)/b9-7+. The summed E-state index contributed by atoms with van der Waals surface area (Å²) in [6, 6.07) is 5.77. The highest BCUT2D eigenvalue weighted by molar-refractivity contribution is 5.93. The smallest absolute Gasteiger partial charge is 0.417 e. The highest BCUT2D eigenvalue weighted by Crippen LogP contribution is 2.37. The summed E-state index contributed by atoms with van der Waals surface area (Å²) >= 11 is 0. The Labute approximate surface area is 102 Å². The molecule has 0 radical (unpaired) electrons. The van der Waals surface area contributed by atoms with Crippen LogP contribution < -0.4 is 4.90 Å². The largest absolute Gasteiger partial charge is 0.478 e. The van der Waals surface area contributed by atoms with Crippen molar-refractivity contribution < 1.29 is 23.1 Å². The number of halogens is 3. The summed E-state index contributed by atoms with van der Waals surface area (Å²) < 4.78 is 38.6. The second-order valence-electron chi connectivity index (χ2n) is 3.81. The van der Waals surface area contributed by atoms with Crippen LogP contribution in [0, 0.1) is 0 Å². The Balaban J connectivity index is 3.45. The Kier molecular flexibility index (Phi) is 4.00. The molecule has 0 spiro atoms. The summed E-state index contributed by atoms with van der Waals surface area (Å²) in [7, 11) is 3.18. The highest BCUT2D eigenvalue weighted by Gasteiger charge is 2.36. The van der Waals surface area contributed by atoms with Crippen molar-refractivity contribution in [2.45, 2.75) is 6.18 Å². The lowest BCUT2D eigenvalue weighted by atomic mass is 10.0. The number of allylic oxidation sites excluding steroid dienone is 1. The fourth-order valence-electron chi connectivity index (χ4n) is 1.53. The van der Waals surface area contributed by atoms with Gasteiger partial charge in [0.05, 0.1) is 5.57 Å². The molecule has 0 saturated carbocycles. The fraction of sp³-hybridized carbons (Fsp3) is 0.250. The second-order valence-corrected chi connectivity index (χ2v) is 3.81. The number of nitrogens with zero attached hydrogens (tertiary/aromatic N) is 1. The van der Waals surface area contributed by atoms with Gasteiger partial charge >= 0.3 is 12.1 Å². The lowest BCUT2D eigenvalue weighted by molar-refractivity contribution is -0.131. The Morgan fingerprint density at radius 2 is 1.83 bits per heavy atom. The summed E-state index contributed by atoms with van der Waals surface area (Å²) in [5.74, 6) is -1.63. The van der Waals surface area contributed by atoms with Crippen LogP contribution in [0.2, 0.25) is 0 Å². The van der Waals surface area contributed by atoms with Crippen LogP contribution in [0.1, 0.15) is 5.56 Å². The number of rotatable bonds is 3. The van der Waals surface area contributed by atoms with E-state index in [1.165, 1.54) is 23.1 Å². The van der Waals surface area contributed by atoms with Crippen molar-refractivity contribution in [2.75, 3.05) is 19.0 Å². The number of anilines is 1. The molecule has 0 fully saturated rings. The molecule has 0 aliphatic rings. The summed E-state index contributed by atoms with van der Waals surface area (Å²) in [4.78, 5) is 12.0. The molecule has 0 heterocycles. The van der Waals surface area contributed by atoms with Crippen LogP contribution in [-0.4, -0.2) is 31.3 Å². The van der Waals surface area contributed by atoms with Crippen molar-refractivity contribution in [1.82, 2.24) is 0 Å². The summed E-state index contributed by atoms with van der Waals surface area (Å²) in [5.41, 5.74) is -1.01. The van der Waals surface area contributed by atoms with Crippen molar-refractivity contribution in [3.05, 3.63) is 35.9 Å². The third kappa shape index (κ3) is 3.26. The van der Waals surface area contributed by atoms with E-state index in [9.17, 15) is 18.0 Å². The quantitative estimate of drug-likeness (QED) is 0.848. The highest BCUT2D eigenvalue weighted by atomic mass is 19.4. The number of carboxylic acid groups (broad SMARTS) is 1. The molecule has 1 rings (SSSR count). The molecular weight excluding hydrogens is 247 g/mol. The fourth-order valence-corrected chi connectivity index (χ4v) is 1.53. The lowest BCUT2D eigenvalue weighted by Gasteiger charge is -2.20. The van der Waals surface area contributed by atoms with Gasteiger partial charge in [-0.05, 0) is 6.07 Å². The molecule has 0 bridgehead atoms. The van der Waals surface area contributed by atoms with Gasteiger partial charge in [0.2, 0.25) is 0 Å². The van der Waals surface area contributed by atoms with Gasteiger partial charge in [0, 0.05) is 31.4 Å². The van der Waals surface area contributed by atoms with Crippen LogP contribution in [0.4, 0.5) is 18.9 Å². The molecule has 0 amide bonds. The first-order valence-corrected chi connectivity index (χ1v) is 5.02. The van der Waals surface area contributed by atoms with Gasteiger partial charge in [0.25, 0.3) is 0 Å². The summed E-state index contributed by atoms with van der Waals surface area (Å²) in [6.45, 7) is 0. The van der Waals surface area contributed by atoms with E-state index in [4.69, 9.17) is 5.11 Å². The molecule has 3 nitrogen and oxygen atoms in total. The number of hydrogen-bond donors (Lipinski definition) is 1. The minimum atomic E-state index is -4.72. The zero-order valence-corrected chi connectivity index (χ0v) is 9.82. The van der Waals surface area contributed by atoms with E-state index in [0.29, 0.717) is 5.69 Å². The second kappa shape index (κ2) is 5.12. The van der Waals surface area contributed by atoms with E-state index in [2.05, 4.69) is 0 Å². The monoisotopic (exact) mass is 259 g/mol. The van der Waals surface area contributed by atoms with Crippen LogP contribution in [0.5, 0.6) is 0 Å². The van der Waals surface area contributed by atoms with Crippen LogP contribution in [0.25, 0.3) is 5.57 Å². The number of hydrogen-bond acceptors (Lipinski definition) is 2. The van der Waals surface area contributed by atoms with Gasteiger partial charge in [-0.25, -0.2) is 4.79 Å². The van der Waals surface area contributed by atoms with Gasteiger partial charge in [-0.15, -0.1) is 0 Å². The van der Waals surface area contributed by atoms with Crippen LogP contribution >= 0.6 is 0 Å². The topological polar surface area (TPSA) is 40.5 Å².